The van der Waals surface area contributed by atoms with Crippen molar-refractivity contribution >= 4 is 49.0 Å². The van der Waals surface area contributed by atoms with Crippen LogP contribution in [0.3, 0.4) is 0 Å². The number of ether oxygens (including phenoxy) is 1. The van der Waals surface area contributed by atoms with Gasteiger partial charge in [-0.1, -0.05) is 37.3 Å². The SMILES string of the molecule is C#CCOc1c(Br)cc(C=Nn2c(C3CCCCC3)nc3ccccc3c2=O)cc1Br. The first-order valence-electron chi connectivity index (χ1n) is 10.2. The lowest BCUT2D eigenvalue weighted by Gasteiger charge is -2.22. The first-order valence-corrected chi connectivity index (χ1v) is 11.8. The van der Waals surface area contributed by atoms with Crippen molar-refractivity contribution in [2.75, 3.05) is 6.61 Å². The van der Waals surface area contributed by atoms with E-state index in [1.807, 2.05) is 30.3 Å². The van der Waals surface area contributed by atoms with Crippen LogP contribution in [0.1, 0.15) is 49.4 Å². The van der Waals surface area contributed by atoms with Crippen molar-refractivity contribution in [3.8, 4) is 18.1 Å². The van der Waals surface area contributed by atoms with Crippen LogP contribution in [0.4, 0.5) is 0 Å². The molecule has 1 aliphatic carbocycles. The first kappa shape index (κ1) is 21.8. The molecule has 1 heterocycles. The van der Waals surface area contributed by atoms with Gasteiger partial charge in [-0.3, -0.25) is 4.79 Å². The van der Waals surface area contributed by atoms with Crippen molar-refractivity contribution in [1.82, 2.24) is 9.66 Å². The zero-order chi connectivity index (χ0) is 21.8. The Bertz CT molecular complexity index is 1210. The summed E-state index contributed by atoms with van der Waals surface area (Å²) in [4.78, 5) is 18.1. The molecule has 158 valence electrons. The molecule has 1 aromatic heterocycles. The molecular weight excluding hydrogens is 522 g/mol. The van der Waals surface area contributed by atoms with Crippen LogP contribution in [0, 0.1) is 12.3 Å². The Balaban J connectivity index is 1.77. The van der Waals surface area contributed by atoms with Gasteiger partial charge < -0.3 is 4.74 Å². The number of rotatable bonds is 5. The lowest BCUT2D eigenvalue weighted by Crippen LogP contribution is -2.25. The van der Waals surface area contributed by atoms with Crippen LogP contribution in [0.15, 0.2) is 55.2 Å². The largest absolute Gasteiger partial charge is 0.479 e. The molecule has 0 amide bonds. The van der Waals surface area contributed by atoms with Gasteiger partial charge in [0.25, 0.3) is 5.56 Å². The van der Waals surface area contributed by atoms with Crippen LogP contribution in [0.2, 0.25) is 0 Å². The molecule has 31 heavy (non-hydrogen) atoms. The Morgan fingerprint density at radius 1 is 1.19 bits per heavy atom. The molecule has 1 aliphatic rings. The lowest BCUT2D eigenvalue weighted by molar-refractivity contribution is 0.365. The predicted octanol–water partition coefficient (Wildman–Crippen LogP) is 5.86. The number of aromatic nitrogens is 2. The van der Waals surface area contributed by atoms with Crippen LogP contribution in [0.5, 0.6) is 5.75 Å². The van der Waals surface area contributed by atoms with E-state index in [0.717, 1.165) is 51.5 Å². The molecule has 1 fully saturated rings. The zero-order valence-corrected chi connectivity index (χ0v) is 20.0. The highest BCUT2D eigenvalue weighted by atomic mass is 79.9. The van der Waals surface area contributed by atoms with Gasteiger partial charge in [0.2, 0.25) is 0 Å². The summed E-state index contributed by atoms with van der Waals surface area (Å²) in [5, 5.41) is 5.15. The highest BCUT2D eigenvalue weighted by Gasteiger charge is 2.22. The van der Waals surface area contributed by atoms with Crippen molar-refractivity contribution in [3.05, 3.63) is 67.1 Å². The molecule has 0 atom stereocenters. The van der Waals surface area contributed by atoms with Gasteiger partial charge >= 0.3 is 0 Å². The summed E-state index contributed by atoms with van der Waals surface area (Å²) in [5.41, 5.74) is 1.39. The number of fused-ring (bicyclic) bond motifs is 1. The summed E-state index contributed by atoms with van der Waals surface area (Å²) in [6.07, 6.45) is 12.5. The molecule has 1 saturated carbocycles. The van der Waals surface area contributed by atoms with Crippen molar-refractivity contribution in [2.45, 2.75) is 38.0 Å². The average molecular weight is 543 g/mol. The van der Waals surface area contributed by atoms with Crippen LogP contribution in [-0.4, -0.2) is 22.5 Å². The molecule has 7 heteroatoms. The fourth-order valence-electron chi connectivity index (χ4n) is 3.91. The van der Waals surface area contributed by atoms with E-state index < -0.39 is 0 Å². The normalized spacial score (nSPS) is 14.7. The third-order valence-corrected chi connectivity index (χ3v) is 6.57. The number of benzene rings is 2. The summed E-state index contributed by atoms with van der Waals surface area (Å²) in [5.74, 6) is 4.06. The second-order valence-electron chi connectivity index (χ2n) is 7.49. The molecule has 0 bridgehead atoms. The van der Waals surface area contributed by atoms with Crippen LogP contribution < -0.4 is 10.3 Å². The molecule has 0 saturated heterocycles. The van der Waals surface area contributed by atoms with Gasteiger partial charge in [-0.2, -0.15) is 9.78 Å². The Labute approximate surface area is 197 Å². The van der Waals surface area contributed by atoms with Gasteiger partial charge in [-0.25, -0.2) is 4.98 Å². The lowest BCUT2D eigenvalue weighted by atomic mass is 9.88. The third kappa shape index (κ3) is 4.76. The average Bonchev–Trinajstić information content (AvgIpc) is 2.78. The predicted molar refractivity (Wildman–Crippen MR) is 131 cm³/mol. The van der Waals surface area contributed by atoms with E-state index in [1.165, 1.54) is 11.1 Å². The topological polar surface area (TPSA) is 56.5 Å². The standard InChI is InChI=1S/C24H21Br2N3O2/c1-2-12-31-22-19(25)13-16(14-20(22)26)15-27-29-23(17-8-4-3-5-9-17)28-21-11-7-6-10-18(21)24(29)30/h1,6-7,10-11,13-15,17H,3-5,8-9,12H2. The maximum Gasteiger partial charge on any atom is 0.282 e. The summed E-state index contributed by atoms with van der Waals surface area (Å²) >= 11 is 7.02. The summed E-state index contributed by atoms with van der Waals surface area (Å²) in [6, 6.07) is 11.2. The van der Waals surface area contributed by atoms with Gasteiger partial charge in [0, 0.05) is 5.92 Å². The molecule has 0 spiro atoms. The maximum absolute atomic E-state index is 13.3. The Kier molecular flexibility index (Phi) is 6.89. The van der Waals surface area contributed by atoms with Crippen molar-refractivity contribution in [1.29, 1.82) is 0 Å². The number of halogens is 2. The summed E-state index contributed by atoms with van der Waals surface area (Å²) in [6.45, 7) is 0.174. The second kappa shape index (κ2) is 9.80. The molecule has 3 aromatic rings. The number of terminal acetylenes is 1. The van der Waals surface area contributed by atoms with Gasteiger partial charge in [0.1, 0.15) is 18.2 Å². The van der Waals surface area contributed by atoms with Crippen LogP contribution >= 0.6 is 31.9 Å². The van der Waals surface area contributed by atoms with E-state index in [4.69, 9.17) is 16.1 Å². The van der Waals surface area contributed by atoms with Crippen molar-refractivity contribution in [2.24, 2.45) is 5.10 Å². The zero-order valence-electron chi connectivity index (χ0n) is 16.9. The highest BCUT2D eigenvalue weighted by molar-refractivity contribution is 9.11. The number of hydrogen-bond acceptors (Lipinski definition) is 4. The molecule has 0 radical (unpaired) electrons. The van der Waals surface area contributed by atoms with E-state index in [9.17, 15) is 4.79 Å². The Morgan fingerprint density at radius 2 is 1.90 bits per heavy atom. The molecule has 0 unspecified atom stereocenters. The molecule has 0 aliphatic heterocycles. The minimum atomic E-state index is -0.144. The minimum absolute atomic E-state index is 0.144. The van der Waals surface area contributed by atoms with Gasteiger partial charge in [-0.05, 0) is 74.5 Å². The quantitative estimate of drug-likeness (QED) is 0.299. The third-order valence-electron chi connectivity index (χ3n) is 5.39. The highest BCUT2D eigenvalue weighted by Crippen LogP contribution is 2.35. The van der Waals surface area contributed by atoms with E-state index in [1.54, 1.807) is 12.3 Å². The smallest absolute Gasteiger partial charge is 0.282 e. The second-order valence-corrected chi connectivity index (χ2v) is 9.20. The van der Waals surface area contributed by atoms with E-state index in [-0.39, 0.29) is 18.1 Å². The van der Waals surface area contributed by atoms with Gasteiger partial charge in [0.15, 0.2) is 0 Å². The van der Waals surface area contributed by atoms with Crippen molar-refractivity contribution < 1.29 is 4.74 Å². The molecule has 4 rings (SSSR count). The number of hydrogen-bond donors (Lipinski definition) is 0. The summed E-state index contributed by atoms with van der Waals surface area (Å²) < 4.78 is 8.53. The van der Waals surface area contributed by atoms with E-state index >= 15 is 0 Å². The molecule has 0 N–H and O–H groups in total. The van der Waals surface area contributed by atoms with Crippen LogP contribution in [0.25, 0.3) is 10.9 Å². The maximum atomic E-state index is 13.3. The molecule has 2 aromatic carbocycles. The number of para-hydroxylation sites is 1. The van der Waals surface area contributed by atoms with Crippen molar-refractivity contribution in [3.63, 3.8) is 0 Å². The van der Waals surface area contributed by atoms with E-state index in [2.05, 4.69) is 42.9 Å². The fourth-order valence-corrected chi connectivity index (χ4v) is 5.36. The minimum Gasteiger partial charge on any atom is -0.479 e. The molecular formula is C24H21Br2N3O2. The van der Waals surface area contributed by atoms with Gasteiger partial charge in [-0.15, -0.1) is 6.42 Å². The number of nitrogens with zero attached hydrogens (tertiary/aromatic N) is 3. The first-order chi connectivity index (χ1) is 15.1. The molecule has 5 nitrogen and oxygen atoms in total. The summed E-state index contributed by atoms with van der Waals surface area (Å²) in [7, 11) is 0. The Hall–Kier alpha value is -2.43. The Morgan fingerprint density at radius 3 is 2.61 bits per heavy atom. The van der Waals surface area contributed by atoms with Gasteiger partial charge in [0.05, 0.1) is 26.1 Å². The van der Waals surface area contributed by atoms with E-state index in [0.29, 0.717) is 11.1 Å². The fraction of sp³-hybridized carbons (Fsp3) is 0.292. The van der Waals surface area contributed by atoms with Crippen LogP contribution in [-0.2, 0) is 0 Å². The monoisotopic (exact) mass is 541 g/mol.